The van der Waals surface area contributed by atoms with E-state index in [1.165, 1.54) is 6.92 Å². The molecule has 13 heteroatoms. The first kappa shape index (κ1) is 26.9. The number of hydrogen-bond donors (Lipinski definition) is 2. The molecule has 0 saturated heterocycles. The van der Waals surface area contributed by atoms with Gasteiger partial charge < -0.3 is 10.1 Å². The number of anilines is 1. The molecule has 9 nitrogen and oxygen atoms in total. The second-order valence-electron chi connectivity index (χ2n) is 8.17. The normalized spacial score (nSPS) is 17.8. The number of hydrogen-bond acceptors (Lipinski definition) is 8. The van der Waals surface area contributed by atoms with Crippen LogP contribution >= 0.6 is 0 Å². The van der Waals surface area contributed by atoms with Crippen molar-refractivity contribution in [2.75, 3.05) is 11.9 Å². The van der Waals surface area contributed by atoms with E-state index in [-0.39, 0.29) is 36.6 Å². The van der Waals surface area contributed by atoms with Gasteiger partial charge in [-0.05, 0) is 37.8 Å². The fraction of sp³-hybridized carbons (Fsp3) is 0.391. The maximum atomic E-state index is 13.6. The molecule has 1 heterocycles. The first-order chi connectivity index (χ1) is 16.9. The third-order valence-electron chi connectivity index (χ3n) is 5.51. The van der Waals surface area contributed by atoms with Crippen molar-refractivity contribution in [2.24, 2.45) is 5.92 Å². The molecule has 2 unspecified atom stereocenters. The predicted molar refractivity (Wildman–Crippen MR) is 122 cm³/mol. The average molecular weight is 525 g/mol. The molecule has 0 bridgehead atoms. The summed E-state index contributed by atoms with van der Waals surface area (Å²) >= 11 is 0. The highest BCUT2D eigenvalue weighted by Gasteiger charge is 2.40. The highest BCUT2D eigenvalue weighted by atomic mass is 32.2. The van der Waals surface area contributed by atoms with E-state index in [1.54, 1.807) is 36.4 Å². The third kappa shape index (κ3) is 6.72. The van der Waals surface area contributed by atoms with Crippen molar-refractivity contribution in [2.45, 2.75) is 44.2 Å². The van der Waals surface area contributed by atoms with E-state index in [4.69, 9.17) is 0 Å². The molecule has 1 fully saturated rings. The Morgan fingerprint density at radius 1 is 1.22 bits per heavy atom. The number of nitriles is 1. The maximum Gasteiger partial charge on any atom is 0.434 e. The van der Waals surface area contributed by atoms with E-state index in [1.807, 2.05) is 0 Å². The van der Waals surface area contributed by atoms with Gasteiger partial charge in [-0.2, -0.15) is 18.4 Å². The lowest BCUT2D eigenvalue weighted by molar-refractivity contribution is -0.141. The lowest BCUT2D eigenvalue weighted by Gasteiger charge is -2.18. The summed E-state index contributed by atoms with van der Waals surface area (Å²) in [5.74, 6) is -3.44. The average Bonchev–Trinajstić information content (AvgIpc) is 3.27. The molecular formula is C23H23F3N4O5S. The van der Waals surface area contributed by atoms with Gasteiger partial charge >= 0.3 is 12.1 Å². The Bertz CT molecular complexity index is 1280. The number of nitrogens with zero attached hydrogens (tertiary/aromatic N) is 2. The molecule has 36 heavy (non-hydrogen) atoms. The number of aromatic nitrogens is 1. The van der Waals surface area contributed by atoms with Crippen molar-refractivity contribution in [3.63, 3.8) is 0 Å². The van der Waals surface area contributed by atoms with Crippen molar-refractivity contribution in [1.29, 1.82) is 5.26 Å². The van der Waals surface area contributed by atoms with Crippen molar-refractivity contribution in [3.8, 4) is 6.07 Å². The number of nitrogens with one attached hydrogen (secondary N) is 2. The first-order valence-electron chi connectivity index (χ1n) is 11.0. The van der Waals surface area contributed by atoms with Crippen LogP contribution in [0.4, 0.5) is 19.0 Å². The van der Waals surface area contributed by atoms with Gasteiger partial charge in [0, 0.05) is 12.0 Å². The van der Waals surface area contributed by atoms with Crippen molar-refractivity contribution in [3.05, 3.63) is 58.8 Å². The largest absolute Gasteiger partial charge is 0.462 e. The fourth-order valence-corrected chi connectivity index (χ4v) is 5.08. The van der Waals surface area contributed by atoms with Gasteiger partial charge in [-0.3, -0.25) is 9.52 Å². The highest BCUT2D eigenvalue weighted by molar-refractivity contribution is 7.89. The van der Waals surface area contributed by atoms with Crippen LogP contribution in [0.2, 0.25) is 0 Å². The SMILES string of the molecule is CCOC(=O)c1cc(C#N)c(NC2CCC(C(=O)NS(=O)(=O)Cc3ccccc3)C2)nc1C(F)(F)F. The minimum Gasteiger partial charge on any atom is -0.462 e. The van der Waals surface area contributed by atoms with Crippen LogP contribution < -0.4 is 10.0 Å². The number of halogens is 3. The molecule has 1 aromatic carbocycles. The van der Waals surface area contributed by atoms with E-state index in [9.17, 15) is 36.4 Å². The molecule has 0 aliphatic heterocycles. The number of rotatable bonds is 8. The number of esters is 1. The molecule has 1 aromatic heterocycles. The number of pyridine rings is 1. The molecule has 192 valence electrons. The van der Waals surface area contributed by atoms with E-state index in [2.05, 4.69) is 19.8 Å². The van der Waals surface area contributed by atoms with E-state index in [0.29, 0.717) is 12.0 Å². The molecule has 1 aliphatic carbocycles. The fourth-order valence-electron chi connectivity index (χ4n) is 3.90. The van der Waals surface area contributed by atoms with Gasteiger partial charge in [0.2, 0.25) is 15.9 Å². The summed E-state index contributed by atoms with van der Waals surface area (Å²) < 4.78 is 72.1. The van der Waals surface area contributed by atoms with E-state index in [0.717, 1.165) is 6.07 Å². The number of sulfonamides is 1. The first-order valence-corrected chi connectivity index (χ1v) is 12.6. The zero-order valence-electron chi connectivity index (χ0n) is 19.1. The Labute approximate surface area is 205 Å². The van der Waals surface area contributed by atoms with Crippen LogP contribution in [0.25, 0.3) is 0 Å². The second-order valence-corrected chi connectivity index (χ2v) is 9.90. The van der Waals surface area contributed by atoms with Crippen LogP contribution in [0.5, 0.6) is 0 Å². The van der Waals surface area contributed by atoms with Gasteiger partial charge in [0.15, 0.2) is 5.69 Å². The molecular weight excluding hydrogens is 501 g/mol. The highest BCUT2D eigenvalue weighted by Crippen LogP contribution is 2.35. The quantitative estimate of drug-likeness (QED) is 0.502. The van der Waals surface area contributed by atoms with Gasteiger partial charge in [-0.15, -0.1) is 0 Å². The summed E-state index contributed by atoms with van der Waals surface area (Å²) in [6, 6.07) is 10.2. The topological polar surface area (TPSA) is 138 Å². The van der Waals surface area contributed by atoms with Crippen LogP contribution in [-0.2, 0) is 31.5 Å². The Hall–Kier alpha value is -3.66. The lowest BCUT2D eigenvalue weighted by Crippen LogP contribution is -2.36. The standard InChI is InChI=1S/C23H23F3N4O5S/c1-2-35-22(32)18-11-16(12-27)20(29-19(18)23(24,25)26)28-17-9-8-15(10-17)21(31)30-36(33,34)13-14-6-4-3-5-7-14/h3-7,11,15,17H,2,8-10,13H2,1H3,(H,28,29)(H,30,31). The van der Waals surface area contributed by atoms with Gasteiger partial charge in [-0.1, -0.05) is 30.3 Å². The molecule has 3 rings (SSSR count). The van der Waals surface area contributed by atoms with Gasteiger partial charge in [0.25, 0.3) is 0 Å². The van der Waals surface area contributed by atoms with E-state index < -0.39 is 51.3 Å². The second kappa shape index (κ2) is 10.9. The van der Waals surface area contributed by atoms with Gasteiger partial charge in [-0.25, -0.2) is 18.2 Å². The number of carbonyl (C=O) groups is 2. The summed E-state index contributed by atoms with van der Waals surface area (Å²) in [7, 11) is -3.94. The summed E-state index contributed by atoms with van der Waals surface area (Å²) in [5.41, 5.74) is -2.17. The van der Waals surface area contributed by atoms with Crippen LogP contribution in [-0.4, -0.2) is 37.9 Å². The van der Waals surface area contributed by atoms with Crippen LogP contribution in [0.15, 0.2) is 36.4 Å². The smallest absolute Gasteiger partial charge is 0.434 e. The minimum absolute atomic E-state index is 0.111. The van der Waals surface area contributed by atoms with E-state index >= 15 is 0 Å². The summed E-state index contributed by atoms with van der Waals surface area (Å²) in [6.45, 7) is 1.27. The minimum atomic E-state index is -4.99. The zero-order valence-corrected chi connectivity index (χ0v) is 19.9. The number of benzene rings is 1. The molecule has 2 aromatic rings. The molecule has 2 N–H and O–H groups in total. The van der Waals surface area contributed by atoms with Crippen LogP contribution in [0.1, 0.15) is 53.4 Å². The maximum absolute atomic E-state index is 13.6. The molecule has 1 aliphatic rings. The zero-order chi connectivity index (χ0) is 26.5. The summed E-state index contributed by atoms with van der Waals surface area (Å²) in [4.78, 5) is 28.1. The van der Waals surface area contributed by atoms with Gasteiger partial charge in [0.1, 0.15) is 11.9 Å². The van der Waals surface area contributed by atoms with Crippen molar-refractivity contribution in [1.82, 2.24) is 9.71 Å². The van der Waals surface area contributed by atoms with Crippen LogP contribution in [0.3, 0.4) is 0 Å². The monoisotopic (exact) mass is 524 g/mol. The Balaban J connectivity index is 1.72. The molecule has 1 amide bonds. The van der Waals surface area contributed by atoms with Crippen LogP contribution in [0, 0.1) is 17.2 Å². The lowest BCUT2D eigenvalue weighted by atomic mass is 10.1. The molecule has 1 saturated carbocycles. The summed E-state index contributed by atoms with van der Waals surface area (Å²) in [5, 5.41) is 12.2. The predicted octanol–water partition coefficient (Wildman–Crippen LogP) is 3.38. The molecule has 0 spiro atoms. The Morgan fingerprint density at radius 3 is 2.53 bits per heavy atom. The van der Waals surface area contributed by atoms with Gasteiger partial charge in [0.05, 0.1) is 23.5 Å². The number of carbonyl (C=O) groups excluding carboxylic acids is 2. The van der Waals surface area contributed by atoms with Crippen molar-refractivity contribution >= 4 is 27.7 Å². The number of alkyl halides is 3. The van der Waals surface area contributed by atoms with Crippen molar-refractivity contribution < 1.29 is 35.9 Å². The molecule has 2 atom stereocenters. The third-order valence-corrected chi connectivity index (χ3v) is 6.73. The Morgan fingerprint density at radius 2 is 1.92 bits per heavy atom. The number of amides is 1. The summed E-state index contributed by atoms with van der Waals surface area (Å²) in [6.07, 6.45) is -4.28. The number of ether oxygens (including phenoxy) is 1. The Kier molecular flexibility index (Phi) is 8.19. The molecule has 0 radical (unpaired) electrons.